The molecule has 3 rings (SSSR count). The smallest absolute Gasteiger partial charge is 0.0716 e. The monoisotopic (exact) mass is 246 g/mol. The number of aromatic nitrogens is 2. The molecule has 2 unspecified atom stereocenters. The molecule has 2 atom stereocenters. The number of aromatic amines is 1. The summed E-state index contributed by atoms with van der Waals surface area (Å²) in [7, 11) is 0. The predicted molar refractivity (Wildman–Crippen MR) is 70.2 cm³/mol. The third-order valence-electron chi connectivity index (χ3n) is 3.59. The molecule has 0 radical (unpaired) electrons. The van der Waals surface area contributed by atoms with Crippen LogP contribution >= 0.6 is 0 Å². The van der Waals surface area contributed by atoms with Crippen LogP contribution in [0, 0.1) is 5.92 Å². The minimum atomic E-state index is -0.222. The van der Waals surface area contributed by atoms with Crippen LogP contribution in [-0.2, 0) is 6.54 Å². The summed E-state index contributed by atoms with van der Waals surface area (Å²) in [6, 6.07) is 6.19. The fourth-order valence-corrected chi connectivity index (χ4v) is 2.50. The third-order valence-corrected chi connectivity index (χ3v) is 3.59. The fraction of sp³-hybridized carbons (Fsp3) is 0.462. The average Bonchev–Trinajstić information content (AvgIpc) is 2.99. The molecule has 18 heavy (non-hydrogen) atoms. The van der Waals surface area contributed by atoms with Crippen LogP contribution in [0.1, 0.15) is 5.56 Å². The predicted octanol–water partition coefficient (Wildman–Crippen LogP) is 0.233. The molecule has 1 aromatic carbocycles. The van der Waals surface area contributed by atoms with Gasteiger partial charge >= 0.3 is 0 Å². The summed E-state index contributed by atoms with van der Waals surface area (Å²) in [6.45, 7) is 3.23. The van der Waals surface area contributed by atoms with E-state index in [4.69, 9.17) is 0 Å². The fourth-order valence-electron chi connectivity index (χ4n) is 2.50. The third kappa shape index (κ3) is 2.25. The van der Waals surface area contributed by atoms with E-state index in [1.54, 1.807) is 0 Å². The number of para-hydroxylation sites is 1. The van der Waals surface area contributed by atoms with Crippen LogP contribution in [0.25, 0.3) is 10.9 Å². The van der Waals surface area contributed by atoms with Crippen molar-refractivity contribution in [3.63, 3.8) is 0 Å². The molecule has 1 aliphatic heterocycles. The number of hydrogen-bond acceptors (Lipinski definition) is 4. The molecule has 1 aliphatic rings. The molecule has 0 bridgehead atoms. The summed E-state index contributed by atoms with van der Waals surface area (Å²) >= 11 is 0. The molecule has 4 N–H and O–H groups in total. The molecule has 1 saturated heterocycles. The van der Waals surface area contributed by atoms with Gasteiger partial charge in [-0.2, -0.15) is 5.10 Å². The number of benzene rings is 1. The maximum absolute atomic E-state index is 9.71. The Balaban J connectivity index is 1.61. The number of nitrogens with zero attached hydrogens (tertiary/aromatic N) is 1. The van der Waals surface area contributed by atoms with E-state index >= 15 is 0 Å². The Morgan fingerprint density at radius 2 is 2.33 bits per heavy atom. The van der Waals surface area contributed by atoms with Gasteiger partial charge in [0, 0.05) is 37.5 Å². The Kier molecular flexibility index (Phi) is 3.27. The lowest BCUT2D eigenvalue weighted by atomic mass is 10.1. The molecule has 0 aliphatic carbocycles. The molecule has 0 amide bonds. The van der Waals surface area contributed by atoms with E-state index in [1.165, 1.54) is 5.56 Å². The first-order valence-electron chi connectivity index (χ1n) is 6.35. The van der Waals surface area contributed by atoms with Gasteiger partial charge in [-0.3, -0.25) is 5.10 Å². The van der Waals surface area contributed by atoms with Crippen molar-refractivity contribution >= 4 is 10.9 Å². The SMILES string of the molecule is OC1CNCC1CNCc1cccc2cn[nH]c12. The first-order valence-corrected chi connectivity index (χ1v) is 6.35. The Bertz CT molecular complexity index is 524. The van der Waals surface area contributed by atoms with Crippen molar-refractivity contribution in [2.75, 3.05) is 19.6 Å². The largest absolute Gasteiger partial charge is 0.391 e. The van der Waals surface area contributed by atoms with Gasteiger partial charge in [-0.1, -0.05) is 18.2 Å². The van der Waals surface area contributed by atoms with Crippen LogP contribution < -0.4 is 10.6 Å². The highest BCUT2D eigenvalue weighted by Gasteiger charge is 2.24. The normalized spacial score (nSPS) is 23.8. The molecule has 1 aromatic heterocycles. The summed E-state index contributed by atoms with van der Waals surface area (Å²) < 4.78 is 0. The second-order valence-corrected chi connectivity index (χ2v) is 4.87. The maximum atomic E-state index is 9.71. The number of hydrogen-bond donors (Lipinski definition) is 4. The Hall–Kier alpha value is -1.43. The van der Waals surface area contributed by atoms with Crippen LogP contribution in [0.4, 0.5) is 0 Å². The quantitative estimate of drug-likeness (QED) is 0.623. The average molecular weight is 246 g/mol. The van der Waals surface area contributed by atoms with Crippen LogP contribution in [-0.4, -0.2) is 41.0 Å². The summed E-state index contributed by atoms with van der Waals surface area (Å²) in [6.07, 6.45) is 1.61. The molecule has 5 nitrogen and oxygen atoms in total. The number of aliphatic hydroxyl groups excluding tert-OH is 1. The van der Waals surface area contributed by atoms with Crippen molar-refractivity contribution in [1.82, 2.24) is 20.8 Å². The first-order chi connectivity index (χ1) is 8.84. The minimum absolute atomic E-state index is 0.222. The molecular formula is C13H18N4O. The van der Waals surface area contributed by atoms with E-state index < -0.39 is 0 Å². The van der Waals surface area contributed by atoms with E-state index in [2.05, 4.69) is 26.9 Å². The number of H-pyrrole nitrogens is 1. The first kappa shape index (κ1) is 11.6. The molecule has 2 heterocycles. The zero-order valence-electron chi connectivity index (χ0n) is 10.2. The number of nitrogens with one attached hydrogen (secondary N) is 3. The molecule has 0 spiro atoms. The van der Waals surface area contributed by atoms with Gasteiger partial charge in [-0.05, 0) is 5.56 Å². The van der Waals surface area contributed by atoms with Crippen molar-refractivity contribution < 1.29 is 5.11 Å². The highest BCUT2D eigenvalue weighted by Crippen LogP contribution is 2.15. The summed E-state index contributed by atoms with van der Waals surface area (Å²) in [4.78, 5) is 0. The molecule has 0 saturated carbocycles. The van der Waals surface area contributed by atoms with Crippen molar-refractivity contribution in [2.24, 2.45) is 5.92 Å². The molecule has 5 heteroatoms. The van der Waals surface area contributed by atoms with E-state index in [0.29, 0.717) is 12.5 Å². The maximum Gasteiger partial charge on any atom is 0.0716 e. The van der Waals surface area contributed by atoms with Crippen molar-refractivity contribution in [1.29, 1.82) is 0 Å². The Morgan fingerprint density at radius 3 is 3.17 bits per heavy atom. The molecule has 2 aromatic rings. The molecular weight excluding hydrogens is 228 g/mol. The zero-order chi connectivity index (χ0) is 12.4. The lowest BCUT2D eigenvalue weighted by molar-refractivity contribution is 0.146. The second kappa shape index (κ2) is 5.06. The van der Waals surface area contributed by atoms with Gasteiger partial charge in [0.25, 0.3) is 0 Å². The topological polar surface area (TPSA) is 73.0 Å². The van der Waals surface area contributed by atoms with E-state index in [1.807, 2.05) is 18.3 Å². The van der Waals surface area contributed by atoms with Gasteiger partial charge in [0.1, 0.15) is 0 Å². The molecule has 96 valence electrons. The van der Waals surface area contributed by atoms with Crippen LogP contribution in [0.2, 0.25) is 0 Å². The van der Waals surface area contributed by atoms with E-state index in [9.17, 15) is 5.11 Å². The van der Waals surface area contributed by atoms with Crippen molar-refractivity contribution in [2.45, 2.75) is 12.6 Å². The van der Waals surface area contributed by atoms with E-state index in [-0.39, 0.29) is 6.10 Å². The lowest BCUT2D eigenvalue weighted by Crippen LogP contribution is -2.30. The number of β-amino-alcohol motifs (C(OH)–C–C–N with tert-alkyl or cyclic N) is 1. The van der Waals surface area contributed by atoms with Gasteiger partial charge in [-0.25, -0.2) is 0 Å². The van der Waals surface area contributed by atoms with Gasteiger partial charge in [0.15, 0.2) is 0 Å². The Labute approximate surface area is 106 Å². The number of aliphatic hydroxyl groups is 1. The minimum Gasteiger partial charge on any atom is -0.391 e. The highest BCUT2D eigenvalue weighted by atomic mass is 16.3. The van der Waals surface area contributed by atoms with Gasteiger partial charge < -0.3 is 15.7 Å². The van der Waals surface area contributed by atoms with Crippen LogP contribution in [0.15, 0.2) is 24.4 Å². The summed E-state index contributed by atoms with van der Waals surface area (Å²) in [5.74, 6) is 0.311. The summed E-state index contributed by atoms with van der Waals surface area (Å²) in [5.41, 5.74) is 2.31. The van der Waals surface area contributed by atoms with Crippen LogP contribution in [0.5, 0.6) is 0 Å². The van der Waals surface area contributed by atoms with Gasteiger partial charge in [-0.15, -0.1) is 0 Å². The Morgan fingerprint density at radius 1 is 1.39 bits per heavy atom. The number of rotatable bonds is 4. The second-order valence-electron chi connectivity index (χ2n) is 4.87. The number of fused-ring (bicyclic) bond motifs is 1. The lowest BCUT2D eigenvalue weighted by Gasteiger charge is -2.14. The summed E-state index contributed by atoms with van der Waals surface area (Å²) in [5, 5.41) is 24.5. The van der Waals surface area contributed by atoms with Gasteiger partial charge in [0.2, 0.25) is 0 Å². The zero-order valence-corrected chi connectivity index (χ0v) is 10.2. The standard InChI is InChI=1S/C13H18N4O/c18-12-8-15-6-11(12)5-14-4-9-2-1-3-10-7-16-17-13(9)10/h1-3,7,11-12,14-15,18H,4-6,8H2,(H,16,17). The highest BCUT2D eigenvalue weighted by molar-refractivity contribution is 5.81. The van der Waals surface area contributed by atoms with E-state index in [0.717, 1.165) is 30.5 Å². The molecule has 1 fully saturated rings. The van der Waals surface area contributed by atoms with Gasteiger partial charge in [0.05, 0.1) is 17.8 Å². The van der Waals surface area contributed by atoms with Crippen molar-refractivity contribution in [3.05, 3.63) is 30.0 Å². The van der Waals surface area contributed by atoms with Crippen LogP contribution in [0.3, 0.4) is 0 Å². The van der Waals surface area contributed by atoms with Crippen molar-refractivity contribution in [3.8, 4) is 0 Å².